The minimum Gasteiger partial charge on any atom is -0.748 e. The second-order valence-electron chi connectivity index (χ2n) is 6.19. The van der Waals surface area contributed by atoms with Crippen LogP contribution in [-0.2, 0) is 30.8 Å². The van der Waals surface area contributed by atoms with Crippen molar-refractivity contribution in [1.29, 1.82) is 0 Å². The number of hydrogen-bond donors (Lipinski definition) is 0. The van der Waals surface area contributed by atoms with Crippen molar-refractivity contribution in [3.8, 4) is 0 Å². The van der Waals surface area contributed by atoms with Crippen LogP contribution in [0.3, 0.4) is 0 Å². The van der Waals surface area contributed by atoms with Crippen LogP contribution < -0.4 is 9.37 Å². The summed E-state index contributed by atoms with van der Waals surface area (Å²) in [5.41, 5.74) is 1.11. The van der Waals surface area contributed by atoms with Crippen molar-refractivity contribution in [3.05, 3.63) is 47.3 Å². The molecule has 0 radical (unpaired) electrons. The molecule has 0 bridgehead atoms. The molecule has 2 heterocycles. The number of imidazole rings is 1. The molecule has 0 N–H and O–H groups in total. The second kappa shape index (κ2) is 8.15. The molecule has 27 heavy (non-hydrogen) atoms. The summed E-state index contributed by atoms with van der Waals surface area (Å²) in [5, 5.41) is 8.56. The molecule has 0 amide bonds. The predicted octanol–water partition coefficient (Wildman–Crippen LogP) is 1.13. The zero-order valence-corrected chi connectivity index (χ0v) is 16.8. The fourth-order valence-electron chi connectivity index (χ4n) is 2.76. The number of aromatic nitrogens is 3. The lowest BCUT2D eigenvalue weighted by atomic mass is 10.3. The van der Waals surface area contributed by atoms with Crippen molar-refractivity contribution >= 4 is 37.9 Å². The Bertz CT molecular complexity index is 1140. The molecule has 0 spiro atoms. The minimum absolute atomic E-state index is 0.332. The summed E-state index contributed by atoms with van der Waals surface area (Å²) in [6.07, 6.45) is 6.40. The first kappa shape index (κ1) is 19.5. The van der Waals surface area contributed by atoms with Crippen LogP contribution in [0.4, 0.5) is 0 Å². The SMILES string of the molecule is Cn1/c(=N\N=C\c2n(CCCCS(=O)(=O)[O-])cc[n+]2C)sc2ccccc21. The summed E-state index contributed by atoms with van der Waals surface area (Å²) < 4.78 is 39.1. The Morgan fingerprint density at radius 1 is 1.30 bits per heavy atom. The monoisotopic (exact) mass is 407 g/mol. The van der Waals surface area contributed by atoms with Crippen LogP contribution in [0.2, 0.25) is 0 Å². The summed E-state index contributed by atoms with van der Waals surface area (Å²) >= 11 is 1.57. The molecular weight excluding hydrogens is 386 g/mol. The van der Waals surface area contributed by atoms with Gasteiger partial charge in [-0.05, 0) is 25.0 Å². The van der Waals surface area contributed by atoms with E-state index in [-0.39, 0.29) is 5.75 Å². The Kier molecular flexibility index (Phi) is 5.88. The first-order valence-corrected chi connectivity index (χ1v) is 10.8. The van der Waals surface area contributed by atoms with E-state index in [2.05, 4.69) is 16.3 Å². The summed E-state index contributed by atoms with van der Waals surface area (Å²) in [5.74, 6) is 0.509. The summed E-state index contributed by atoms with van der Waals surface area (Å²) in [6, 6.07) is 8.09. The van der Waals surface area contributed by atoms with E-state index in [1.54, 1.807) is 17.6 Å². The van der Waals surface area contributed by atoms with Gasteiger partial charge in [-0.15, -0.1) is 10.2 Å². The highest BCUT2D eigenvalue weighted by molar-refractivity contribution is 7.85. The van der Waals surface area contributed by atoms with Gasteiger partial charge in [0, 0.05) is 12.8 Å². The number of fused-ring (bicyclic) bond motifs is 1. The number of thiazole rings is 1. The maximum absolute atomic E-state index is 10.7. The minimum atomic E-state index is -4.15. The fraction of sp³-hybridized carbons (Fsp3) is 0.353. The molecule has 3 rings (SSSR count). The summed E-state index contributed by atoms with van der Waals surface area (Å²) in [4.78, 5) is 0.800. The number of unbranched alkanes of at least 4 members (excludes halogenated alkanes) is 1. The number of benzene rings is 1. The highest BCUT2D eigenvalue weighted by Crippen LogP contribution is 2.15. The van der Waals surface area contributed by atoms with Gasteiger partial charge in [0.25, 0.3) is 0 Å². The molecule has 0 fully saturated rings. The van der Waals surface area contributed by atoms with Crippen molar-refractivity contribution < 1.29 is 17.5 Å². The lowest BCUT2D eigenvalue weighted by Gasteiger charge is -2.05. The van der Waals surface area contributed by atoms with E-state index in [0.29, 0.717) is 19.4 Å². The molecular formula is C17H21N5O3S2. The Labute approximate surface area is 161 Å². The molecule has 0 aliphatic heterocycles. The van der Waals surface area contributed by atoms with Crippen LogP contribution in [0.15, 0.2) is 46.9 Å². The molecule has 2 aromatic heterocycles. The highest BCUT2D eigenvalue weighted by Gasteiger charge is 2.12. The van der Waals surface area contributed by atoms with Crippen LogP contribution in [0.1, 0.15) is 18.7 Å². The fourth-order valence-corrected chi connectivity index (χ4v) is 4.29. The summed E-state index contributed by atoms with van der Waals surface area (Å²) in [7, 11) is -0.290. The molecule has 0 saturated heterocycles. The topological polar surface area (TPSA) is 95.7 Å². The average molecular weight is 408 g/mol. The van der Waals surface area contributed by atoms with E-state index in [9.17, 15) is 13.0 Å². The number of para-hydroxylation sites is 1. The van der Waals surface area contributed by atoms with E-state index in [1.807, 2.05) is 58.4 Å². The van der Waals surface area contributed by atoms with Gasteiger partial charge in [0.2, 0.25) is 4.80 Å². The molecule has 10 heteroatoms. The molecule has 0 saturated carbocycles. The molecule has 0 atom stereocenters. The Morgan fingerprint density at radius 3 is 2.81 bits per heavy atom. The van der Waals surface area contributed by atoms with Crippen molar-refractivity contribution in [1.82, 2.24) is 9.13 Å². The van der Waals surface area contributed by atoms with Crippen molar-refractivity contribution in [3.63, 3.8) is 0 Å². The Balaban J connectivity index is 1.75. The average Bonchev–Trinajstić information content (AvgIpc) is 3.12. The van der Waals surface area contributed by atoms with Crippen molar-refractivity contribution in [2.24, 2.45) is 24.3 Å². The molecule has 3 aromatic rings. The van der Waals surface area contributed by atoms with Crippen LogP contribution in [0.25, 0.3) is 10.2 Å². The highest BCUT2D eigenvalue weighted by atomic mass is 32.2. The van der Waals surface area contributed by atoms with E-state index in [0.717, 1.165) is 20.8 Å². The van der Waals surface area contributed by atoms with Crippen LogP contribution >= 0.6 is 11.3 Å². The Hall–Kier alpha value is -2.30. The lowest BCUT2D eigenvalue weighted by molar-refractivity contribution is -0.671. The third-order valence-electron chi connectivity index (χ3n) is 4.20. The van der Waals surface area contributed by atoms with E-state index < -0.39 is 10.1 Å². The number of rotatable bonds is 7. The third-order valence-corrected chi connectivity index (χ3v) is 6.09. The van der Waals surface area contributed by atoms with Gasteiger partial charge in [-0.1, -0.05) is 23.5 Å². The predicted molar refractivity (Wildman–Crippen MR) is 103 cm³/mol. The molecule has 144 valence electrons. The Morgan fingerprint density at radius 2 is 2.07 bits per heavy atom. The molecule has 8 nitrogen and oxygen atoms in total. The number of nitrogens with zero attached hydrogens (tertiary/aromatic N) is 5. The van der Waals surface area contributed by atoms with Gasteiger partial charge < -0.3 is 9.12 Å². The largest absolute Gasteiger partial charge is 0.748 e. The van der Waals surface area contributed by atoms with Gasteiger partial charge in [0.1, 0.15) is 18.6 Å². The van der Waals surface area contributed by atoms with Crippen molar-refractivity contribution in [2.45, 2.75) is 19.4 Å². The van der Waals surface area contributed by atoms with Gasteiger partial charge in [0.15, 0.2) is 0 Å². The van der Waals surface area contributed by atoms with Crippen LogP contribution in [0.5, 0.6) is 0 Å². The van der Waals surface area contributed by atoms with Gasteiger partial charge >= 0.3 is 5.82 Å². The quantitative estimate of drug-likeness (QED) is 0.193. The van der Waals surface area contributed by atoms with Gasteiger partial charge in [-0.25, -0.2) is 17.6 Å². The van der Waals surface area contributed by atoms with Gasteiger partial charge in [0.05, 0.1) is 33.9 Å². The van der Waals surface area contributed by atoms with Crippen molar-refractivity contribution in [2.75, 3.05) is 5.75 Å². The zero-order chi connectivity index (χ0) is 19.4. The van der Waals surface area contributed by atoms with Gasteiger partial charge in [-0.2, -0.15) is 0 Å². The number of aryl methyl sites for hydroxylation is 3. The van der Waals surface area contributed by atoms with E-state index >= 15 is 0 Å². The van der Waals surface area contributed by atoms with Gasteiger partial charge in [-0.3, -0.25) is 0 Å². The van der Waals surface area contributed by atoms with E-state index in [1.165, 1.54) is 0 Å². The summed E-state index contributed by atoms with van der Waals surface area (Å²) in [6.45, 7) is 0.606. The maximum Gasteiger partial charge on any atom is 0.301 e. The maximum atomic E-state index is 10.7. The molecule has 0 aliphatic rings. The number of hydrogen-bond acceptors (Lipinski definition) is 6. The van der Waals surface area contributed by atoms with Crippen LogP contribution in [0, 0.1) is 0 Å². The zero-order valence-electron chi connectivity index (χ0n) is 15.1. The first-order chi connectivity index (χ1) is 12.8. The molecule has 1 aromatic carbocycles. The van der Waals surface area contributed by atoms with E-state index in [4.69, 9.17) is 0 Å². The molecule has 0 unspecified atom stereocenters. The lowest BCUT2D eigenvalue weighted by Crippen LogP contribution is -2.32. The smallest absolute Gasteiger partial charge is 0.301 e. The van der Waals surface area contributed by atoms with Crippen LogP contribution in [-0.4, -0.2) is 34.1 Å². The second-order valence-corrected chi connectivity index (χ2v) is 8.72. The first-order valence-electron chi connectivity index (χ1n) is 8.45. The third kappa shape index (κ3) is 4.90. The normalized spacial score (nSPS) is 13.2. The standard InChI is InChI=1S/C17H21N5O3S2/c1-20-10-11-22(9-5-6-12-27(23,24)25)16(20)13-18-19-17-21(2)14-7-3-4-8-15(14)26-17/h3-4,7-8,10-11,13H,5-6,9,12H2,1-2H3. The molecule has 0 aliphatic carbocycles.